The minimum Gasteiger partial charge on any atom is -0.466 e. The van der Waals surface area contributed by atoms with Crippen LogP contribution in [-0.2, 0) is 9.53 Å². The van der Waals surface area contributed by atoms with Gasteiger partial charge < -0.3 is 9.72 Å². The topological polar surface area (TPSA) is 75.3 Å². The van der Waals surface area contributed by atoms with Crippen molar-refractivity contribution in [2.24, 2.45) is 5.92 Å². The zero-order valence-corrected chi connectivity index (χ0v) is 14.1. The van der Waals surface area contributed by atoms with Crippen molar-refractivity contribution in [3.8, 4) is 0 Å². The summed E-state index contributed by atoms with van der Waals surface area (Å²) in [5.74, 6) is 0.408. The number of fused-ring (bicyclic) bond motifs is 1. The van der Waals surface area contributed by atoms with E-state index in [1.54, 1.807) is 6.07 Å². The standard InChI is InChI=1S/C18H23N3O3/c1-3-24-18(23)13-7-6-10-21(11-13)12(2)16-19-15-9-5-4-8-14(15)17(22)20-16/h4-5,8-9,12-13H,3,6-7,10-11H2,1-2H3,(H,19,20,22)/t12-,13+/m0/s1. The Morgan fingerprint density at radius 3 is 3.04 bits per heavy atom. The van der Waals surface area contributed by atoms with Gasteiger partial charge in [-0.2, -0.15) is 0 Å². The van der Waals surface area contributed by atoms with Crippen LogP contribution in [-0.4, -0.2) is 40.5 Å². The fourth-order valence-corrected chi connectivity index (χ4v) is 3.29. The molecule has 0 saturated carbocycles. The molecule has 6 nitrogen and oxygen atoms in total. The summed E-state index contributed by atoms with van der Waals surface area (Å²) in [6.45, 7) is 5.76. The number of H-pyrrole nitrogens is 1. The fourth-order valence-electron chi connectivity index (χ4n) is 3.29. The van der Waals surface area contributed by atoms with Crippen molar-refractivity contribution in [1.29, 1.82) is 0 Å². The summed E-state index contributed by atoms with van der Waals surface area (Å²) in [7, 11) is 0. The summed E-state index contributed by atoms with van der Waals surface area (Å²) in [5.41, 5.74) is 0.573. The molecule has 0 spiro atoms. The number of hydrogen-bond donors (Lipinski definition) is 1. The Labute approximate surface area is 140 Å². The van der Waals surface area contributed by atoms with Crippen LogP contribution in [0.2, 0.25) is 0 Å². The Morgan fingerprint density at radius 2 is 2.25 bits per heavy atom. The lowest BCUT2D eigenvalue weighted by Crippen LogP contribution is -2.41. The lowest BCUT2D eigenvalue weighted by Gasteiger charge is -2.35. The number of carbonyl (C=O) groups is 1. The van der Waals surface area contributed by atoms with Crippen molar-refractivity contribution in [3.63, 3.8) is 0 Å². The van der Waals surface area contributed by atoms with Crippen molar-refractivity contribution in [3.05, 3.63) is 40.4 Å². The first-order valence-corrected chi connectivity index (χ1v) is 8.49. The average molecular weight is 329 g/mol. The van der Waals surface area contributed by atoms with E-state index in [9.17, 15) is 9.59 Å². The Balaban J connectivity index is 1.82. The van der Waals surface area contributed by atoms with Gasteiger partial charge in [-0.25, -0.2) is 4.98 Å². The van der Waals surface area contributed by atoms with Crippen molar-refractivity contribution in [1.82, 2.24) is 14.9 Å². The van der Waals surface area contributed by atoms with E-state index >= 15 is 0 Å². The van der Waals surface area contributed by atoms with Gasteiger partial charge in [-0.3, -0.25) is 14.5 Å². The Hall–Kier alpha value is -2.21. The first-order valence-electron chi connectivity index (χ1n) is 8.49. The molecule has 0 amide bonds. The largest absolute Gasteiger partial charge is 0.466 e. The van der Waals surface area contributed by atoms with Crippen LogP contribution in [0.1, 0.15) is 38.6 Å². The van der Waals surface area contributed by atoms with Crippen molar-refractivity contribution >= 4 is 16.9 Å². The lowest BCUT2D eigenvalue weighted by molar-refractivity contribution is -0.150. The number of para-hydroxylation sites is 1. The molecule has 2 aromatic rings. The van der Waals surface area contributed by atoms with Crippen LogP contribution in [0, 0.1) is 5.92 Å². The zero-order chi connectivity index (χ0) is 17.1. The van der Waals surface area contributed by atoms with E-state index in [1.165, 1.54) is 0 Å². The number of aromatic nitrogens is 2. The summed E-state index contributed by atoms with van der Waals surface area (Å²) in [6, 6.07) is 7.27. The Kier molecular flexibility index (Phi) is 4.94. The third-order valence-corrected chi connectivity index (χ3v) is 4.65. The van der Waals surface area contributed by atoms with Crippen LogP contribution in [0.15, 0.2) is 29.1 Å². The molecular weight excluding hydrogens is 306 g/mol. The minimum atomic E-state index is -0.130. The number of benzene rings is 1. The highest BCUT2D eigenvalue weighted by molar-refractivity contribution is 5.77. The molecule has 1 fully saturated rings. The van der Waals surface area contributed by atoms with E-state index in [2.05, 4.69) is 14.9 Å². The molecule has 0 radical (unpaired) electrons. The molecule has 1 aromatic carbocycles. The lowest BCUT2D eigenvalue weighted by atomic mass is 9.97. The van der Waals surface area contributed by atoms with E-state index in [-0.39, 0.29) is 23.5 Å². The van der Waals surface area contributed by atoms with E-state index in [4.69, 9.17) is 4.74 Å². The van der Waals surface area contributed by atoms with Gasteiger partial charge in [0.2, 0.25) is 0 Å². The molecule has 1 saturated heterocycles. The number of ether oxygens (including phenoxy) is 1. The second kappa shape index (κ2) is 7.13. The van der Waals surface area contributed by atoms with Gasteiger partial charge in [-0.05, 0) is 45.4 Å². The van der Waals surface area contributed by atoms with E-state index < -0.39 is 0 Å². The number of aromatic amines is 1. The van der Waals surface area contributed by atoms with E-state index in [0.29, 0.717) is 29.9 Å². The molecule has 1 aliphatic heterocycles. The highest BCUT2D eigenvalue weighted by atomic mass is 16.5. The van der Waals surface area contributed by atoms with Crippen LogP contribution in [0.3, 0.4) is 0 Å². The molecule has 0 unspecified atom stereocenters. The SMILES string of the molecule is CCOC(=O)[C@@H]1CCCN([C@@H](C)c2nc3ccccc3c(=O)[nH]2)C1. The van der Waals surface area contributed by atoms with Gasteiger partial charge in [0.1, 0.15) is 5.82 Å². The van der Waals surface area contributed by atoms with Gasteiger partial charge in [0.05, 0.1) is 29.5 Å². The van der Waals surface area contributed by atoms with E-state index in [0.717, 1.165) is 19.4 Å². The third kappa shape index (κ3) is 3.33. The highest BCUT2D eigenvalue weighted by Gasteiger charge is 2.30. The average Bonchev–Trinajstić information content (AvgIpc) is 2.61. The molecule has 0 aliphatic carbocycles. The van der Waals surface area contributed by atoms with Gasteiger partial charge in [-0.1, -0.05) is 12.1 Å². The normalized spacial score (nSPS) is 20.0. The molecule has 2 atom stereocenters. The number of nitrogens with one attached hydrogen (secondary N) is 1. The molecule has 1 aliphatic rings. The molecule has 3 rings (SSSR count). The molecule has 0 bridgehead atoms. The molecule has 128 valence electrons. The fraction of sp³-hybridized carbons (Fsp3) is 0.500. The monoisotopic (exact) mass is 329 g/mol. The molecule has 1 aromatic heterocycles. The minimum absolute atomic E-state index is 0.0560. The molecule has 6 heteroatoms. The number of hydrogen-bond acceptors (Lipinski definition) is 5. The first kappa shape index (κ1) is 16.6. The maximum Gasteiger partial charge on any atom is 0.310 e. The van der Waals surface area contributed by atoms with Crippen LogP contribution >= 0.6 is 0 Å². The van der Waals surface area contributed by atoms with Gasteiger partial charge in [0.15, 0.2) is 0 Å². The number of likely N-dealkylation sites (tertiary alicyclic amines) is 1. The number of carbonyl (C=O) groups excluding carboxylic acids is 1. The zero-order valence-electron chi connectivity index (χ0n) is 14.1. The maximum atomic E-state index is 12.3. The third-order valence-electron chi connectivity index (χ3n) is 4.65. The van der Waals surface area contributed by atoms with Crippen molar-refractivity contribution < 1.29 is 9.53 Å². The predicted octanol–water partition coefficient (Wildman–Crippen LogP) is 2.26. The summed E-state index contributed by atoms with van der Waals surface area (Å²) in [5, 5.41) is 0.594. The second-order valence-electron chi connectivity index (χ2n) is 6.23. The number of esters is 1. The van der Waals surface area contributed by atoms with Crippen molar-refractivity contribution in [2.75, 3.05) is 19.7 Å². The number of rotatable bonds is 4. The number of nitrogens with zero attached hydrogens (tertiary/aromatic N) is 2. The van der Waals surface area contributed by atoms with Gasteiger partial charge in [-0.15, -0.1) is 0 Å². The van der Waals surface area contributed by atoms with Crippen LogP contribution in [0.25, 0.3) is 10.9 Å². The molecular formula is C18H23N3O3. The highest BCUT2D eigenvalue weighted by Crippen LogP contribution is 2.25. The molecule has 1 N–H and O–H groups in total. The molecule has 2 heterocycles. The Morgan fingerprint density at radius 1 is 1.46 bits per heavy atom. The first-order chi connectivity index (χ1) is 11.6. The predicted molar refractivity (Wildman–Crippen MR) is 91.7 cm³/mol. The summed E-state index contributed by atoms with van der Waals surface area (Å²) in [4.78, 5) is 34.0. The summed E-state index contributed by atoms with van der Waals surface area (Å²) in [6.07, 6.45) is 1.79. The Bertz CT molecular complexity index is 786. The van der Waals surface area contributed by atoms with Crippen LogP contribution in [0.5, 0.6) is 0 Å². The maximum absolute atomic E-state index is 12.3. The van der Waals surface area contributed by atoms with Crippen molar-refractivity contribution in [2.45, 2.75) is 32.7 Å². The number of piperidine rings is 1. The van der Waals surface area contributed by atoms with E-state index in [1.807, 2.05) is 32.0 Å². The van der Waals surface area contributed by atoms with Crippen LogP contribution in [0.4, 0.5) is 0 Å². The van der Waals surface area contributed by atoms with Gasteiger partial charge >= 0.3 is 5.97 Å². The van der Waals surface area contributed by atoms with Gasteiger partial charge in [0, 0.05) is 6.54 Å². The van der Waals surface area contributed by atoms with Crippen LogP contribution < -0.4 is 5.56 Å². The quantitative estimate of drug-likeness (QED) is 0.871. The van der Waals surface area contributed by atoms with Gasteiger partial charge in [0.25, 0.3) is 5.56 Å². The smallest absolute Gasteiger partial charge is 0.310 e. The summed E-state index contributed by atoms with van der Waals surface area (Å²) < 4.78 is 5.15. The summed E-state index contributed by atoms with van der Waals surface area (Å²) >= 11 is 0. The second-order valence-corrected chi connectivity index (χ2v) is 6.23. The molecule has 24 heavy (non-hydrogen) atoms.